The van der Waals surface area contributed by atoms with Crippen molar-refractivity contribution in [2.24, 2.45) is 0 Å². The van der Waals surface area contributed by atoms with Gasteiger partial charge in [0, 0.05) is 17.1 Å². The third-order valence-corrected chi connectivity index (χ3v) is 4.34. The Bertz CT molecular complexity index is 637. The summed E-state index contributed by atoms with van der Waals surface area (Å²) in [6, 6.07) is 9.67. The number of ketones is 1. The summed E-state index contributed by atoms with van der Waals surface area (Å²) >= 11 is 0. The molecule has 0 saturated carbocycles. The Labute approximate surface area is 119 Å². The smallest absolute Gasteiger partial charge is 0.183 e. The molecular weight excluding hydrogens is 248 g/mol. The molecule has 0 amide bonds. The molecule has 1 saturated heterocycles. The molecule has 0 bridgehead atoms. The van der Waals surface area contributed by atoms with Gasteiger partial charge >= 0.3 is 0 Å². The first-order valence-electron chi connectivity index (χ1n) is 7.24. The largest absolute Gasteiger partial charge is 0.292 e. The molecule has 1 aliphatic heterocycles. The van der Waals surface area contributed by atoms with Gasteiger partial charge in [-0.05, 0) is 51.9 Å². The molecule has 104 valence electrons. The fourth-order valence-electron chi connectivity index (χ4n) is 3.05. The van der Waals surface area contributed by atoms with E-state index in [4.69, 9.17) is 0 Å². The zero-order valence-corrected chi connectivity index (χ0v) is 12.1. The van der Waals surface area contributed by atoms with Crippen LogP contribution in [0.2, 0.25) is 0 Å². The van der Waals surface area contributed by atoms with Crippen LogP contribution in [0.25, 0.3) is 10.9 Å². The number of likely N-dealkylation sites (tertiary alicyclic amines) is 1. The highest BCUT2D eigenvalue weighted by molar-refractivity contribution is 6.11. The van der Waals surface area contributed by atoms with Gasteiger partial charge < -0.3 is 0 Å². The van der Waals surface area contributed by atoms with Gasteiger partial charge in [-0.25, -0.2) is 0 Å². The van der Waals surface area contributed by atoms with E-state index >= 15 is 0 Å². The van der Waals surface area contributed by atoms with Crippen LogP contribution in [-0.2, 0) is 0 Å². The van der Waals surface area contributed by atoms with Crippen molar-refractivity contribution < 1.29 is 4.79 Å². The van der Waals surface area contributed by atoms with E-state index < -0.39 is 5.54 Å². The SMILES string of the molecule is CC(C)(C(=O)c1cccc2ncccc12)N1CCCC1. The van der Waals surface area contributed by atoms with Crippen LogP contribution < -0.4 is 0 Å². The number of hydrogen-bond acceptors (Lipinski definition) is 3. The molecule has 20 heavy (non-hydrogen) atoms. The fourth-order valence-corrected chi connectivity index (χ4v) is 3.05. The van der Waals surface area contributed by atoms with Crippen LogP contribution in [0.15, 0.2) is 36.5 Å². The minimum Gasteiger partial charge on any atom is -0.292 e. The number of fused-ring (bicyclic) bond motifs is 1. The molecule has 0 spiro atoms. The lowest BCUT2D eigenvalue weighted by molar-refractivity contribution is 0.0704. The Kier molecular flexibility index (Phi) is 3.30. The molecular formula is C17H20N2O. The lowest BCUT2D eigenvalue weighted by Gasteiger charge is -2.34. The highest BCUT2D eigenvalue weighted by atomic mass is 16.1. The molecule has 1 aromatic heterocycles. The second-order valence-electron chi connectivity index (χ2n) is 5.96. The van der Waals surface area contributed by atoms with Crippen LogP contribution in [0.5, 0.6) is 0 Å². The quantitative estimate of drug-likeness (QED) is 0.801. The van der Waals surface area contributed by atoms with Crippen molar-refractivity contribution in [1.82, 2.24) is 9.88 Å². The third-order valence-electron chi connectivity index (χ3n) is 4.34. The summed E-state index contributed by atoms with van der Waals surface area (Å²) in [5, 5.41) is 0.951. The predicted octanol–water partition coefficient (Wildman–Crippen LogP) is 3.29. The molecule has 2 aromatic rings. The molecule has 3 heteroatoms. The molecule has 1 aromatic carbocycles. The minimum atomic E-state index is -0.444. The van der Waals surface area contributed by atoms with E-state index in [-0.39, 0.29) is 5.78 Å². The number of aromatic nitrogens is 1. The minimum absolute atomic E-state index is 0.193. The molecule has 0 atom stereocenters. The highest BCUT2D eigenvalue weighted by Crippen LogP contribution is 2.27. The van der Waals surface area contributed by atoms with Crippen LogP contribution in [0.1, 0.15) is 37.0 Å². The standard InChI is InChI=1S/C17H20N2O/c1-17(2,19-11-3-4-12-19)16(20)14-7-5-9-15-13(14)8-6-10-18-15/h5-10H,3-4,11-12H2,1-2H3. The molecule has 1 fully saturated rings. The summed E-state index contributed by atoms with van der Waals surface area (Å²) in [6.45, 7) is 6.11. The number of Topliss-reactive ketones (excluding diaryl/α,β-unsaturated/α-hetero) is 1. The summed E-state index contributed by atoms with van der Waals surface area (Å²) < 4.78 is 0. The van der Waals surface area contributed by atoms with Crippen molar-refractivity contribution in [3.8, 4) is 0 Å². The maximum atomic E-state index is 13.0. The first kappa shape index (κ1) is 13.3. The van der Waals surface area contributed by atoms with E-state index in [0.717, 1.165) is 29.6 Å². The highest BCUT2D eigenvalue weighted by Gasteiger charge is 2.36. The molecule has 0 unspecified atom stereocenters. The predicted molar refractivity (Wildman–Crippen MR) is 81.0 cm³/mol. The molecule has 0 N–H and O–H groups in total. The lowest BCUT2D eigenvalue weighted by Crippen LogP contribution is -2.48. The van der Waals surface area contributed by atoms with Crippen molar-refractivity contribution in [1.29, 1.82) is 0 Å². The zero-order valence-electron chi connectivity index (χ0n) is 12.1. The number of carbonyl (C=O) groups is 1. The number of carbonyl (C=O) groups excluding carboxylic acids is 1. The van der Waals surface area contributed by atoms with Gasteiger partial charge in [-0.15, -0.1) is 0 Å². The van der Waals surface area contributed by atoms with Crippen LogP contribution in [0.3, 0.4) is 0 Å². The summed E-state index contributed by atoms with van der Waals surface area (Å²) in [7, 11) is 0. The van der Waals surface area contributed by atoms with Crippen molar-refractivity contribution in [2.45, 2.75) is 32.2 Å². The lowest BCUT2D eigenvalue weighted by atomic mass is 9.89. The van der Waals surface area contributed by atoms with Crippen LogP contribution in [-0.4, -0.2) is 34.3 Å². The van der Waals surface area contributed by atoms with Crippen molar-refractivity contribution >= 4 is 16.7 Å². The van der Waals surface area contributed by atoms with E-state index in [9.17, 15) is 4.79 Å². The monoisotopic (exact) mass is 268 g/mol. The molecule has 1 aliphatic rings. The van der Waals surface area contributed by atoms with E-state index in [1.165, 1.54) is 12.8 Å². The number of benzene rings is 1. The average molecular weight is 268 g/mol. The molecule has 3 rings (SSSR count). The Balaban J connectivity index is 2.04. The summed E-state index contributed by atoms with van der Waals surface area (Å²) in [4.78, 5) is 19.6. The summed E-state index contributed by atoms with van der Waals surface area (Å²) in [5.41, 5.74) is 1.23. The Morgan fingerprint density at radius 2 is 1.90 bits per heavy atom. The topological polar surface area (TPSA) is 33.2 Å². The van der Waals surface area contributed by atoms with E-state index in [0.29, 0.717) is 0 Å². The van der Waals surface area contributed by atoms with Gasteiger partial charge in [-0.1, -0.05) is 18.2 Å². The van der Waals surface area contributed by atoms with Gasteiger partial charge in [0.25, 0.3) is 0 Å². The number of pyridine rings is 1. The van der Waals surface area contributed by atoms with Crippen LogP contribution in [0.4, 0.5) is 0 Å². The van der Waals surface area contributed by atoms with Gasteiger partial charge in [0.1, 0.15) is 0 Å². The maximum absolute atomic E-state index is 13.0. The molecule has 0 radical (unpaired) electrons. The normalized spacial score (nSPS) is 16.7. The molecule has 2 heterocycles. The van der Waals surface area contributed by atoms with Crippen molar-refractivity contribution in [3.05, 3.63) is 42.1 Å². The van der Waals surface area contributed by atoms with Crippen LogP contribution >= 0.6 is 0 Å². The third kappa shape index (κ3) is 2.12. The van der Waals surface area contributed by atoms with Gasteiger partial charge in [-0.2, -0.15) is 0 Å². The maximum Gasteiger partial charge on any atom is 0.183 e. The van der Waals surface area contributed by atoms with Gasteiger partial charge in [0.15, 0.2) is 5.78 Å². The van der Waals surface area contributed by atoms with Crippen molar-refractivity contribution in [2.75, 3.05) is 13.1 Å². The second kappa shape index (κ2) is 4.98. The summed E-state index contributed by atoms with van der Waals surface area (Å²) in [5.74, 6) is 0.193. The number of nitrogens with zero attached hydrogens (tertiary/aromatic N) is 2. The Morgan fingerprint density at radius 1 is 1.15 bits per heavy atom. The Hall–Kier alpha value is -1.74. The number of rotatable bonds is 3. The van der Waals surface area contributed by atoms with E-state index in [2.05, 4.69) is 9.88 Å². The molecule has 3 nitrogen and oxygen atoms in total. The van der Waals surface area contributed by atoms with Gasteiger partial charge in [0.2, 0.25) is 0 Å². The summed E-state index contributed by atoms with van der Waals surface area (Å²) in [6.07, 6.45) is 4.14. The van der Waals surface area contributed by atoms with Crippen LogP contribution in [0, 0.1) is 0 Å². The number of hydrogen-bond donors (Lipinski definition) is 0. The molecule has 0 aliphatic carbocycles. The first-order valence-corrected chi connectivity index (χ1v) is 7.24. The van der Waals surface area contributed by atoms with E-state index in [1.54, 1.807) is 6.20 Å². The zero-order chi connectivity index (χ0) is 14.2. The second-order valence-corrected chi connectivity index (χ2v) is 5.96. The Morgan fingerprint density at radius 3 is 2.65 bits per heavy atom. The fraction of sp³-hybridized carbons (Fsp3) is 0.412. The van der Waals surface area contributed by atoms with Gasteiger partial charge in [-0.3, -0.25) is 14.7 Å². The first-order chi connectivity index (χ1) is 9.60. The van der Waals surface area contributed by atoms with E-state index in [1.807, 2.05) is 44.2 Å². The average Bonchev–Trinajstić information content (AvgIpc) is 3.01. The van der Waals surface area contributed by atoms with Gasteiger partial charge in [0.05, 0.1) is 11.1 Å². The van der Waals surface area contributed by atoms with Crippen molar-refractivity contribution in [3.63, 3.8) is 0 Å².